The van der Waals surface area contributed by atoms with E-state index in [0.717, 1.165) is 28.4 Å². The highest BCUT2D eigenvalue weighted by molar-refractivity contribution is 6.30. The molecule has 2 aromatic carbocycles. The number of nitrogens with zero attached hydrogens (tertiary/aromatic N) is 2. The van der Waals surface area contributed by atoms with E-state index in [1.807, 2.05) is 48.7 Å². The Balaban J connectivity index is 1.88. The van der Waals surface area contributed by atoms with Crippen molar-refractivity contribution >= 4 is 28.8 Å². The Morgan fingerprint density at radius 1 is 0.958 bits per heavy atom. The van der Waals surface area contributed by atoms with E-state index in [9.17, 15) is 0 Å². The number of anilines is 2. The molecule has 0 spiro atoms. The Hall–Kier alpha value is -2.78. The standard InChI is InChI=1S/C20H16ClN3/c1-14-8-10-17(11-9-14)22-20-19(15-5-4-6-16(21)13-15)23-18-7-2-3-12-24(18)20/h2-13,22H,1H3. The summed E-state index contributed by atoms with van der Waals surface area (Å²) in [6.45, 7) is 2.08. The first-order valence-electron chi connectivity index (χ1n) is 7.77. The first-order chi connectivity index (χ1) is 11.7. The Kier molecular flexibility index (Phi) is 3.71. The van der Waals surface area contributed by atoms with E-state index in [2.05, 4.69) is 40.9 Å². The molecule has 118 valence electrons. The lowest BCUT2D eigenvalue weighted by atomic mass is 10.1. The van der Waals surface area contributed by atoms with Gasteiger partial charge >= 0.3 is 0 Å². The van der Waals surface area contributed by atoms with Crippen LogP contribution in [0.3, 0.4) is 0 Å². The van der Waals surface area contributed by atoms with Crippen molar-refractivity contribution in [2.45, 2.75) is 6.92 Å². The Labute approximate surface area is 145 Å². The van der Waals surface area contributed by atoms with E-state index in [4.69, 9.17) is 16.6 Å². The van der Waals surface area contributed by atoms with Gasteiger partial charge in [-0.3, -0.25) is 4.40 Å². The molecule has 0 aliphatic rings. The van der Waals surface area contributed by atoms with Gasteiger partial charge in [-0.15, -0.1) is 0 Å². The molecule has 0 saturated carbocycles. The molecule has 1 N–H and O–H groups in total. The minimum absolute atomic E-state index is 0.700. The number of imidazole rings is 1. The predicted molar refractivity (Wildman–Crippen MR) is 100 cm³/mol. The maximum atomic E-state index is 6.17. The number of aromatic nitrogens is 2. The summed E-state index contributed by atoms with van der Waals surface area (Å²) in [6.07, 6.45) is 2.01. The molecule has 0 aliphatic carbocycles. The van der Waals surface area contributed by atoms with Crippen molar-refractivity contribution in [1.82, 2.24) is 9.38 Å². The van der Waals surface area contributed by atoms with Crippen molar-refractivity contribution < 1.29 is 0 Å². The van der Waals surface area contributed by atoms with Crippen molar-refractivity contribution in [2.24, 2.45) is 0 Å². The van der Waals surface area contributed by atoms with Crippen molar-refractivity contribution in [3.05, 3.63) is 83.5 Å². The highest BCUT2D eigenvalue weighted by atomic mass is 35.5. The molecule has 2 aromatic heterocycles. The van der Waals surface area contributed by atoms with E-state index < -0.39 is 0 Å². The first kappa shape index (κ1) is 14.8. The summed E-state index contributed by atoms with van der Waals surface area (Å²) in [7, 11) is 0. The van der Waals surface area contributed by atoms with Gasteiger partial charge in [0.1, 0.15) is 17.2 Å². The third-order valence-corrected chi connectivity index (χ3v) is 4.18. The fraction of sp³-hybridized carbons (Fsp3) is 0.0500. The quantitative estimate of drug-likeness (QED) is 0.520. The van der Waals surface area contributed by atoms with Crippen LogP contribution in [0.1, 0.15) is 5.56 Å². The number of rotatable bonds is 3. The van der Waals surface area contributed by atoms with Crippen LogP contribution in [0.2, 0.25) is 5.02 Å². The molecular weight excluding hydrogens is 318 g/mol. The fourth-order valence-electron chi connectivity index (χ4n) is 2.73. The van der Waals surface area contributed by atoms with Gasteiger partial charge in [-0.1, -0.05) is 47.5 Å². The van der Waals surface area contributed by atoms with Gasteiger partial charge in [0.25, 0.3) is 0 Å². The summed E-state index contributed by atoms with van der Waals surface area (Å²) in [6, 6.07) is 22.1. The largest absolute Gasteiger partial charge is 0.339 e. The number of halogens is 1. The summed E-state index contributed by atoms with van der Waals surface area (Å²) in [5.74, 6) is 0.928. The maximum Gasteiger partial charge on any atom is 0.143 e. The summed E-state index contributed by atoms with van der Waals surface area (Å²) in [5, 5.41) is 4.20. The summed E-state index contributed by atoms with van der Waals surface area (Å²) < 4.78 is 2.05. The van der Waals surface area contributed by atoms with Crippen LogP contribution in [0, 0.1) is 6.92 Å². The molecule has 0 bridgehead atoms. The molecule has 0 unspecified atom stereocenters. The number of fused-ring (bicyclic) bond motifs is 1. The molecule has 0 radical (unpaired) electrons. The van der Waals surface area contributed by atoms with Crippen LogP contribution in [0.5, 0.6) is 0 Å². The minimum atomic E-state index is 0.700. The van der Waals surface area contributed by atoms with Gasteiger partial charge in [0.2, 0.25) is 0 Å². The molecule has 0 fully saturated rings. The van der Waals surface area contributed by atoms with Gasteiger partial charge in [-0.2, -0.15) is 0 Å². The monoisotopic (exact) mass is 333 g/mol. The zero-order valence-corrected chi connectivity index (χ0v) is 14.0. The summed E-state index contributed by atoms with van der Waals surface area (Å²) >= 11 is 6.17. The molecule has 2 heterocycles. The van der Waals surface area contributed by atoms with Crippen LogP contribution in [0.25, 0.3) is 16.9 Å². The molecule has 0 saturated heterocycles. The number of aryl methyl sites for hydroxylation is 1. The van der Waals surface area contributed by atoms with Gasteiger partial charge in [0.15, 0.2) is 0 Å². The second-order valence-corrected chi connectivity index (χ2v) is 6.18. The molecule has 0 aliphatic heterocycles. The SMILES string of the molecule is Cc1ccc(Nc2c(-c3cccc(Cl)c3)nc3ccccn23)cc1. The highest BCUT2D eigenvalue weighted by Gasteiger charge is 2.14. The molecule has 4 aromatic rings. The molecule has 0 amide bonds. The van der Waals surface area contributed by atoms with E-state index >= 15 is 0 Å². The fourth-order valence-corrected chi connectivity index (χ4v) is 2.92. The average molecular weight is 334 g/mol. The molecule has 4 rings (SSSR count). The van der Waals surface area contributed by atoms with Crippen LogP contribution >= 0.6 is 11.6 Å². The number of benzene rings is 2. The highest BCUT2D eigenvalue weighted by Crippen LogP contribution is 2.32. The average Bonchev–Trinajstić information content (AvgIpc) is 2.96. The predicted octanol–water partition coefficient (Wildman–Crippen LogP) is 5.71. The molecule has 24 heavy (non-hydrogen) atoms. The van der Waals surface area contributed by atoms with E-state index in [1.165, 1.54) is 5.56 Å². The minimum Gasteiger partial charge on any atom is -0.339 e. The van der Waals surface area contributed by atoms with Crippen molar-refractivity contribution in [3.8, 4) is 11.3 Å². The molecule has 4 heteroatoms. The zero-order valence-electron chi connectivity index (χ0n) is 13.2. The first-order valence-corrected chi connectivity index (χ1v) is 8.15. The van der Waals surface area contributed by atoms with Gasteiger partial charge < -0.3 is 5.32 Å². The van der Waals surface area contributed by atoms with Crippen LogP contribution in [0.4, 0.5) is 11.5 Å². The Morgan fingerprint density at radius 3 is 2.58 bits per heavy atom. The Bertz CT molecular complexity index is 1000. The number of hydrogen-bond donors (Lipinski definition) is 1. The zero-order chi connectivity index (χ0) is 16.5. The normalized spacial score (nSPS) is 10.9. The second kappa shape index (κ2) is 6.02. The summed E-state index contributed by atoms with van der Waals surface area (Å²) in [5.41, 5.74) is 5.01. The topological polar surface area (TPSA) is 29.3 Å². The molecule has 3 nitrogen and oxygen atoms in total. The molecular formula is C20H16ClN3. The smallest absolute Gasteiger partial charge is 0.143 e. The third-order valence-electron chi connectivity index (χ3n) is 3.94. The van der Waals surface area contributed by atoms with Crippen LogP contribution in [-0.2, 0) is 0 Å². The van der Waals surface area contributed by atoms with Crippen molar-refractivity contribution in [2.75, 3.05) is 5.32 Å². The number of nitrogens with one attached hydrogen (secondary N) is 1. The second-order valence-electron chi connectivity index (χ2n) is 5.74. The van der Waals surface area contributed by atoms with Gasteiger partial charge in [-0.05, 0) is 43.3 Å². The van der Waals surface area contributed by atoms with Gasteiger partial charge in [-0.25, -0.2) is 4.98 Å². The van der Waals surface area contributed by atoms with Crippen molar-refractivity contribution in [3.63, 3.8) is 0 Å². The lowest BCUT2D eigenvalue weighted by Gasteiger charge is -2.09. The molecule has 0 atom stereocenters. The number of hydrogen-bond acceptors (Lipinski definition) is 2. The maximum absolute atomic E-state index is 6.17. The van der Waals surface area contributed by atoms with Gasteiger partial charge in [0.05, 0.1) is 0 Å². The van der Waals surface area contributed by atoms with Crippen LogP contribution in [0.15, 0.2) is 72.9 Å². The summed E-state index contributed by atoms with van der Waals surface area (Å²) in [4.78, 5) is 4.78. The Morgan fingerprint density at radius 2 is 1.79 bits per heavy atom. The van der Waals surface area contributed by atoms with Gasteiger partial charge in [0, 0.05) is 22.5 Å². The third kappa shape index (κ3) is 2.74. The number of pyridine rings is 1. The van der Waals surface area contributed by atoms with E-state index in [-0.39, 0.29) is 0 Å². The lowest BCUT2D eigenvalue weighted by molar-refractivity contribution is 1.18. The lowest BCUT2D eigenvalue weighted by Crippen LogP contribution is -1.96. The van der Waals surface area contributed by atoms with Crippen LogP contribution in [-0.4, -0.2) is 9.38 Å². The van der Waals surface area contributed by atoms with E-state index in [1.54, 1.807) is 0 Å². The van der Waals surface area contributed by atoms with Crippen molar-refractivity contribution in [1.29, 1.82) is 0 Å². The van der Waals surface area contributed by atoms with Crippen LogP contribution < -0.4 is 5.32 Å². The van der Waals surface area contributed by atoms with E-state index in [0.29, 0.717) is 5.02 Å².